The van der Waals surface area contributed by atoms with E-state index < -0.39 is 5.82 Å². The molecule has 1 aromatic rings. The monoisotopic (exact) mass is 237 g/mol. The Labute approximate surface area is 102 Å². The predicted octanol–water partition coefficient (Wildman–Crippen LogP) is 3.15. The Balaban J connectivity index is 2.07. The quantitative estimate of drug-likeness (QED) is 0.873. The van der Waals surface area contributed by atoms with Gasteiger partial charge in [-0.05, 0) is 43.0 Å². The van der Waals surface area contributed by atoms with Crippen molar-refractivity contribution in [3.8, 4) is 5.75 Å². The van der Waals surface area contributed by atoms with Crippen LogP contribution < -0.4 is 0 Å². The van der Waals surface area contributed by atoms with Gasteiger partial charge in [-0.3, -0.25) is 4.90 Å². The van der Waals surface area contributed by atoms with Crippen molar-refractivity contribution in [2.75, 3.05) is 6.54 Å². The normalized spacial score (nSPS) is 21.3. The molecule has 1 N–H and O–H groups in total. The first-order chi connectivity index (χ1) is 8.08. The Bertz CT molecular complexity index is 392. The third-order valence-electron chi connectivity index (χ3n) is 3.58. The summed E-state index contributed by atoms with van der Waals surface area (Å²) in [6.45, 7) is 6.34. The van der Waals surface area contributed by atoms with E-state index in [0.717, 1.165) is 18.7 Å². The molecule has 94 valence electrons. The molecule has 1 aliphatic heterocycles. The Morgan fingerprint density at radius 3 is 2.88 bits per heavy atom. The van der Waals surface area contributed by atoms with Crippen LogP contribution in [0.25, 0.3) is 0 Å². The molecule has 1 atom stereocenters. The first-order valence-electron chi connectivity index (χ1n) is 6.29. The summed E-state index contributed by atoms with van der Waals surface area (Å²) in [7, 11) is 0. The van der Waals surface area contributed by atoms with E-state index in [-0.39, 0.29) is 5.75 Å². The zero-order chi connectivity index (χ0) is 12.4. The van der Waals surface area contributed by atoms with Gasteiger partial charge in [0.15, 0.2) is 11.6 Å². The molecule has 0 aromatic heterocycles. The molecule has 0 bridgehead atoms. The minimum atomic E-state index is -0.525. The average Bonchev–Trinajstić information content (AvgIpc) is 2.72. The maximum atomic E-state index is 13.2. The molecule has 1 fully saturated rings. The highest BCUT2D eigenvalue weighted by atomic mass is 19.1. The highest BCUT2D eigenvalue weighted by Crippen LogP contribution is 2.26. The number of phenols is 1. The number of likely N-dealkylation sites (tertiary alicyclic amines) is 1. The Hall–Kier alpha value is -1.09. The number of benzene rings is 1. The number of phenolic OH excluding ortho intramolecular Hbond substituents is 1. The zero-order valence-electron chi connectivity index (χ0n) is 10.5. The van der Waals surface area contributed by atoms with Gasteiger partial charge >= 0.3 is 0 Å². The van der Waals surface area contributed by atoms with E-state index in [2.05, 4.69) is 18.7 Å². The highest BCUT2D eigenvalue weighted by Gasteiger charge is 2.26. The molecule has 17 heavy (non-hydrogen) atoms. The van der Waals surface area contributed by atoms with Gasteiger partial charge in [-0.2, -0.15) is 0 Å². The Morgan fingerprint density at radius 2 is 2.24 bits per heavy atom. The standard InChI is InChI=1S/C14H20FNO/c1-10(2)13-4-3-7-16(13)9-11-5-6-14(17)12(15)8-11/h5-6,8,10,13,17H,3-4,7,9H2,1-2H3. The van der Waals surface area contributed by atoms with Crippen LogP contribution in [0, 0.1) is 11.7 Å². The molecule has 2 rings (SSSR count). The molecule has 0 amide bonds. The van der Waals surface area contributed by atoms with Crippen LogP contribution in [-0.4, -0.2) is 22.6 Å². The van der Waals surface area contributed by atoms with E-state index in [0.29, 0.717) is 12.0 Å². The molecule has 1 saturated heterocycles. The van der Waals surface area contributed by atoms with Crippen molar-refractivity contribution in [3.05, 3.63) is 29.6 Å². The van der Waals surface area contributed by atoms with Crippen LogP contribution in [0.3, 0.4) is 0 Å². The first-order valence-corrected chi connectivity index (χ1v) is 6.29. The van der Waals surface area contributed by atoms with Crippen LogP contribution in [0.5, 0.6) is 5.75 Å². The van der Waals surface area contributed by atoms with Crippen LogP contribution in [-0.2, 0) is 6.54 Å². The van der Waals surface area contributed by atoms with E-state index >= 15 is 0 Å². The first kappa shape index (κ1) is 12.4. The molecule has 0 radical (unpaired) electrons. The van der Waals surface area contributed by atoms with Gasteiger partial charge in [0.1, 0.15) is 0 Å². The van der Waals surface area contributed by atoms with E-state index in [1.807, 2.05) is 0 Å². The minimum Gasteiger partial charge on any atom is -0.505 e. The van der Waals surface area contributed by atoms with Crippen LogP contribution >= 0.6 is 0 Å². The van der Waals surface area contributed by atoms with E-state index in [1.54, 1.807) is 6.07 Å². The molecule has 0 saturated carbocycles. The Morgan fingerprint density at radius 1 is 1.47 bits per heavy atom. The van der Waals surface area contributed by atoms with Crippen LogP contribution in [0.4, 0.5) is 4.39 Å². The van der Waals surface area contributed by atoms with Crippen LogP contribution in [0.1, 0.15) is 32.3 Å². The molecule has 0 aliphatic carbocycles. The van der Waals surface area contributed by atoms with Gasteiger partial charge in [0.25, 0.3) is 0 Å². The largest absolute Gasteiger partial charge is 0.505 e. The van der Waals surface area contributed by atoms with E-state index in [1.165, 1.54) is 25.0 Å². The molecule has 3 heteroatoms. The minimum absolute atomic E-state index is 0.268. The molecule has 1 aliphatic rings. The molecule has 0 spiro atoms. The van der Waals surface area contributed by atoms with Crippen LogP contribution in [0.2, 0.25) is 0 Å². The summed E-state index contributed by atoms with van der Waals surface area (Å²) in [6, 6.07) is 5.27. The lowest BCUT2D eigenvalue weighted by atomic mass is 10.0. The summed E-state index contributed by atoms with van der Waals surface area (Å²) in [4.78, 5) is 2.41. The summed E-state index contributed by atoms with van der Waals surface area (Å²) < 4.78 is 13.2. The van der Waals surface area contributed by atoms with Crippen molar-refractivity contribution in [2.45, 2.75) is 39.3 Å². The third kappa shape index (κ3) is 2.78. The van der Waals surface area contributed by atoms with Gasteiger partial charge in [0, 0.05) is 12.6 Å². The molecular weight excluding hydrogens is 217 g/mol. The van der Waals surface area contributed by atoms with Gasteiger partial charge in [0.2, 0.25) is 0 Å². The second kappa shape index (κ2) is 5.05. The lowest BCUT2D eigenvalue weighted by Crippen LogP contribution is -2.32. The predicted molar refractivity (Wildman–Crippen MR) is 66.3 cm³/mol. The second-order valence-electron chi connectivity index (χ2n) is 5.21. The molecule has 1 unspecified atom stereocenters. The molecule has 1 aromatic carbocycles. The fourth-order valence-corrected chi connectivity index (χ4v) is 2.69. The number of aromatic hydroxyl groups is 1. The van der Waals surface area contributed by atoms with Crippen molar-refractivity contribution < 1.29 is 9.50 Å². The lowest BCUT2D eigenvalue weighted by molar-refractivity contribution is 0.198. The number of halogens is 1. The highest BCUT2D eigenvalue weighted by molar-refractivity contribution is 5.28. The zero-order valence-corrected chi connectivity index (χ0v) is 10.5. The summed E-state index contributed by atoms with van der Waals surface area (Å²) in [5.41, 5.74) is 0.938. The summed E-state index contributed by atoms with van der Waals surface area (Å²) in [6.07, 6.45) is 2.46. The van der Waals surface area contributed by atoms with Crippen molar-refractivity contribution in [3.63, 3.8) is 0 Å². The maximum absolute atomic E-state index is 13.2. The third-order valence-corrected chi connectivity index (χ3v) is 3.58. The molecule has 2 nitrogen and oxygen atoms in total. The maximum Gasteiger partial charge on any atom is 0.165 e. The Kier molecular flexibility index (Phi) is 3.67. The summed E-state index contributed by atoms with van der Waals surface area (Å²) in [5, 5.41) is 9.16. The average molecular weight is 237 g/mol. The van der Waals surface area contributed by atoms with Gasteiger partial charge in [0.05, 0.1) is 0 Å². The van der Waals surface area contributed by atoms with Crippen molar-refractivity contribution in [1.82, 2.24) is 4.90 Å². The van der Waals surface area contributed by atoms with Crippen molar-refractivity contribution in [2.24, 2.45) is 5.92 Å². The number of hydrogen-bond donors (Lipinski definition) is 1. The van der Waals surface area contributed by atoms with Gasteiger partial charge in [-0.15, -0.1) is 0 Å². The summed E-state index contributed by atoms with van der Waals surface area (Å²) >= 11 is 0. The fourth-order valence-electron chi connectivity index (χ4n) is 2.69. The van der Waals surface area contributed by atoms with Crippen LogP contribution in [0.15, 0.2) is 18.2 Å². The SMILES string of the molecule is CC(C)C1CCCN1Cc1ccc(O)c(F)c1. The fraction of sp³-hybridized carbons (Fsp3) is 0.571. The molecular formula is C14H20FNO. The second-order valence-corrected chi connectivity index (χ2v) is 5.21. The summed E-state index contributed by atoms with van der Waals surface area (Å²) in [5.74, 6) is -0.155. The number of nitrogens with zero attached hydrogens (tertiary/aromatic N) is 1. The topological polar surface area (TPSA) is 23.5 Å². The lowest BCUT2D eigenvalue weighted by Gasteiger charge is -2.27. The molecule has 1 heterocycles. The smallest absolute Gasteiger partial charge is 0.165 e. The van der Waals surface area contributed by atoms with Crippen molar-refractivity contribution in [1.29, 1.82) is 0 Å². The van der Waals surface area contributed by atoms with E-state index in [4.69, 9.17) is 5.11 Å². The number of hydrogen-bond acceptors (Lipinski definition) is 2. The van der Waals surface area contributed by atoms with Gasteiger partial charge in [-0.1, -0.05) is 19.9 Å². The number of rotatable bonds is 3. The van der Waals surface area contributed by atoms with Crippen molar-refractivity contribution >= 4 is 0 Å². The van der Waals surface area contributed by atoms with Gasteiger partial charge < -0.3 is 5.11 Å². The van der Waals surface area contributed by atoms with Gasteiger partial charge in [-0.25, -0.2) is 4.39 Å². The van der Waals surface area contributed by atoms with E-state index in [9.17, 15) is 4.39 Å².